The highest BCUT2D eigenvalue weighted by molar-refractivity contribution is 6.01. The number of benzene rings is 1. The van der Waals surface area contributed by atoms with Gasteiger partial charge in [-0.15, -0.1) is 0 Å². The number of carbonyl (C=O) groups is 5. The fraction of sp³-hybridized carbons (Fsp3) is 0.689. The van der Waals surface area contributed by atoms with E-state index in [9.17, 15) is 39.5 Å². The minimum Gasteiger partial charge on any atom is -0.507 e. The molecule has 336 valence electrons. The molecule has 0 aliphatic carbocycles. The van der Waals surface area contributed by atoms with Crippen LogP contribution in [-0.2, 0) is 33.4 Å². The Labute approximate surface area is 356 Å². The second-order valence-corrected chi connectivity index (χ2v) is 16.2. The molecule has 5 N–H and O–H groups in total. The Balaban J connectivity index is 1.55. The monoisotopic (exact) mass is 842 g/mol. The lowest BCUT2D eigenvalue weighted by Crippen LogP contribution is -2.51. The van der Waals surface area contributed by atoms with Crippen molar-refractivity contribution in [3.63, 3.8) is 0 Å². The molecular formula is C45H71N5O10. The lowest BCUT2D eigenvalue weighted by Gasteiger charge is -2.27. The fourth-order valence-corrected chi connectivity index (χ4v) is 7.38. The van der Waals surface area contributed by atoms with Crippen LogP contribution < -0.4 is 10.6 Å². The van der Waals surface area contributed by atoms with Gasteiger partial charge in [0.05, 0.1) is 11.5 Å². The summed E-state index contributed by atoms with van der Waals surface area (Å²) in [5.41, 5.74) is 0.318. The van der Waals surface area contributed by atoms with Gasteiger partial charge in [0.25, 0.3) is 11.8 Å². The number of hydrogen-bond acceptors (Lipinski definition) is 11. The number of unbranched alkanes of at least 4 members (excludes halogenated alkanes) is 12. The van der Waals surface area contributed by atoms with E-state index in [0.29, 0.717) is 47.8 Å². The van der Waals surface area contributed by atoms with Crippen LogP contribution in [-0.4, -0.2) is 105 Å². The molecule has 2 aliphatic rings. The zero-order valence-corrected chi connectivity index (χ0v) is 36.3. The maximum Gasteiger partial charge on any atom is 0.328 e. The number of hydroxylamine groups is 4. The van der Waals surface area contributed by atoms with Crippen LogP contribution in [0.25, 0.3) is 0 Å². The predicted molar refractivity (Wildman–Crippen MR) is 227 cm³/mol. The topological polar surface area (TPSA) is 207 Å². The molecule has 1 saturated heterocycles. The van der Waals surface area contributed by atoms with Gasteiger partial charge in [-0.1, -0.05) is 103 Å². The van der Waals surface area contributed by atoms with E-state index in [-0.39, 0.29) is 37.6 Å². The van der Waals surface area contributed by atoms with Crippen LogP contribution in [0, 0.1) is 5.92 Å². The Morgan fingerprint density at radius 1 is 0.983 bits per heavy atom. The summed E-state index contributed by atoms with van der Waals surface area (Å²) in [4.78, 5) is 70.2. The molecular weight excluding hydrogens is 771 g/mol. The van der Waals surface area contributed by atoms with Crippen LogP contribution in [0.15, 0.2) is 41.4 Å². The molecule has 2 aliphatic heterocycles. The first kappa shape index (κ1) is 49.9. The first-order valence-electron chi connectivity index (χ1n) is 22.4. The Hall–Kier alpha value is -4.50. The minimum absolute atomic E-state index is 0.000993. The summed E-state index contributed by atoms with van der Waals surface area (Å²) in [6.07, 6.45) is 18.5. The van der Waals surface area contributed by atoms with E-state index in [2.05, 4.69) is 22.5 Å². The lowest BCUT2D eigenvalue weighted by atomic mass is 10.00. The van der Waals surface area contributed by atoms with Crippen molar-refractivity contribution < 1.29 is 49.0 Å². The molecule has 4 amide bonds. The van der Waals surface area contributed by atoms with Crippen LogP contribution in [0.3, 0.4) is 0 Å². The predicted octanol–water partition coefficient (Wildman–Crippen LogP) is 6.90. The number of nitrogens with zero attached hydrogens (tertiary/aromatic N) is 3. The number of allylic oxidation sites excluding steroid dienone is 1. The van der Waals surface area contributed by atoms with E-state index in [0.717, 1.165) is 19.3 Å². The minimum atomic E-state index is -1.18. The standard InChI is InChI=1S/C45H71N5O10/c1-5-7-8-9-10-11-12-13-14-15-16-17-18-29-39(52)49(57)30-23-22-27-36(47-42(54)40-33(4)59-43(48-40)34-25-19-20-28-37(34)51)45(56)60-38(6-2)32(3)41(53)46-35-26-21-24-31-50(58)44(35)55/h18-20,25,28-29,32-33,35-36,38,40,51,57-58H,5-17,21-24,26-27,30-31H2,1-4H3,(H,46,53)(H,47,54)/b29-18+/t32-,33+,35-,36-,38+,40-/m0/s1. The summed E-state index contributed by atoms with van der Waals surface area (Å²) in [6.45, 7) is 7.38. The van der Waals surface area contributed by atoms with Crippen molar-refractivity contribution >= 4 is 35.5 Å². The van der Waals surface area contributed by atoms with E-state index in [1.165, 1.54) is 69.9 Å². The number of phenolic OH excluding ortho intramolecular Hbond substituents is 1. The van der Waals surface area contributed by atoms with E-state index in [1.54, 1.807) is 45.0 Å². The SMILES string of the molecule is CCCCCCCCCCCCC/C=C/C(=O)N(O)CCCC[C@H](NC(=O)[C@H]1N=C(c2ccccc2O)O[C@@H]1C)C(=O)O[C@H](CC)[C@H](C)C(=O)N[C@H]1CCCCN(O)C1=O. The number of aromatic hydroxyl groups is 1. The number of phenols is 1. The summed E-state index contributed by atoms with van der Waals surface area (Å²) in [5, 5.41) is 37.4. The van der Waals surface area contributed by atoms with Crippen LogP contribution in [0.1, 0.15) is 155 Å². The van der Waals surface area contributed by atoms with Crippen molar-refractivity contribution in [2.75, 3.05) is 13.1 Å². The number of carbonyl (C=O) groups excluding carboxylic acids is 5. The number of esters is 1. The normalized spacial score (nSPS) is 19.5. The van der Waals surface area contributed by atoms with Gasteiger partial charge in [0.2, 0.25) is 17.7 Å². The Bertz CT molecular complexity index is 1570. The van der Waals surface area contributed by atoms with Crippen LogP contribution in [0.2, 0.25) is 0 Å². The Morgan fingerprint density at radius 2 is 1.65 bits per heavy atom. The van der Waals surface area contributed by atoms with Crippen molar-refractivity contribution in [1.82, 2.24) is 20.8 Å². The summed E-state index contributed by atoms with van der Waals surface area (Å²) < 4.78 is 11.7. The smallest absolute Gasteiger partial charge is 0.328 e. The lowest BCUT2D eigenvalue weighted by molar-refractivity contribution is -0.167. The zero-order chi connectivity index (χ0) is 43.9. The van der Waals surface area contributed by atoms with Gasteiger partial charge in [0.1, 0.15) is 30.0 Å². The van der Waals surface area contributed by atoms with Gasteiger partial charge in [0.15, 0.2) is 6.04 Å². The second kappa shape index (κ2) is 27.4. The highest BCUT2D eigenvalue weighted by Gasteiger charge is 2.38. The van der Waals surface area contributed by atoms with Crippen molar-refractivity contribution in [2.45, 2.75) is 180 Å². The molecule has 1 fully saturated rings. The van der Waals surface area contributed by atoms with E-state index in [1.807, 2.05) is 0 Å². The van der Waals surface area contributed by atoms with Gasteiger partial charge >= 0.3 is 5.97 Å². The third kappa shape index (κ3) is 16.9. The molecule has 0 aromatic heterocycles. The van der Waals surface area contributed by atoms with Crippen LogP contribution in [0.5, 0.6) is 5.75 Å². The van der Waals surface area contributed by atoms with Gasteiger partial charge in [0, 0.05) is 19.2 Å². The largest absolute Gasteiger partial charge is 0.507 e. The Morgan fingerprint density at radius 3 is 2.32 bits per heavy atom. The van der Waals surface area contributed by atoms with Crippen LogP contribution in [0.4, 0.5) is 0 Å². The average molecular weight is 842 g/mol. The Kier molecular flexibility index (Phi) is 22.7. The highest BCUT2D eigenvalue weighted by atomic mass is 16.5. The number of amides is 4. The first-order valence-corrected chi connectivity index (χ1v) is 22.4. The number of hydrogen-bond donors (Lipinski definition) is 5. The summed E-state index contributed by atoms with van der Waals surface area (Å²) in [7, 11) is 0. The van der Waals surface area contributed by atoms with E-state index >= 15 is 0 Å². The molecule has 2 heterocycles. The third-order valence-corrected chi connectivity index (χ3v) is 11.2. The van der Waals surface area contributed by atoms with Gasteiger partial charge in [-0.25, -0.2) is 19.9 Å². The molecule has 60 heavy (non-hydrogen) atoms. The molecule has 1 aromatic carbocycles. The average Bonchev–Trinajstić information content (AvgIpc) is 3.56. The number of nitrogens with one attached hydrogen (secondary N) is 2. The maximum absolute atomic E-state index is 13.8. The number of para-hydroxylation sites is 1. The number of aliphatic imine (C=N–C) groups is 1. The quantitative estimate of drug-likeness (QED) is 0.0204. The van der Waals surface area contributed by atoms with Crippen molar-refractivity contribution in [2.24, 2.45) is 10.9 Å². The number of ether oxygens (including phenoxy) is 2. The van der Waals surface area contributed by atoms with Crippen molar-refractivity contribution in [3.8, 4) is 5.75 Å². The molecule has 0 bridgehead atoms. The molecule has 0 spiro atoms. The van der Waals surface area contributed by atoms with Gasteiger partial charge in [-0.3, -0.25) is 29.6 Å². The zero-order valence-electron chi connectivity index (χ0n) is 36.3. The van der Waals surface area contributed by atoms with Gasteiger partial charge in [-0.05, 0) is 76.8 Å². The summed E-state index contributed by atoms with van der Waals surface area (Å²) in [5.74, 6) is -3.91. The molecule has 3 rings (SSSR count). The second-order valence-electron chi connectivity index (χ2n) is 16.2. The van der Waals surface area contributed by atoms with E-state index < -0.39 is 65.8 Å². The maximum atomic E-state index is 13.8. The molecule has 0 radical (unpaired) electrons. The van der Waals surface area contributed by atoms with Gasteiger partial charge in [-0.2, -0.15) is 0 Å². The molecule has 0 unspecified atom stereocenters. The van der Waals surface area contributed by atoms with Crippen molar-refractivity contribution in [3.05, 3.63) is 42.0 Å². The fourth-order valence-electron chi connectivity index (χ4n) is 7.38. The summed E-state index contributed by atoms with van der Waals surface area (Å²) in [6, 6.07) is 3.29. The van der Waals surface area contributed by atoms with Crippen molar-refractivity contribution in [1.29, 1.82) is 0 Å². The summed E-state index contributed by atoms with van der Waals surface area (Å²) >= 11 is 0. The van der Waals surface area contributed by atoms with E-state index in [4.69, 9.17) is 9.47 Å². The van der Waals surface area contributed by atoms with Crippen LogP contribution >= 0.6 is 0 Å². The first-order chi connectivity index (χ1) is 28.9. The van der Waals surface area contributed by atoms with Gasteiger partial charge < -0.3 is 25.2 Å². The third-order valence-electron chi connectivity index (χ3n) is 11.2. The number of rotatable bonds is 27. The molecule has 0 saturated carbocycles. The molecule has 6 atom stereocenters. The molecule has 15 heteroatoms. The molecule has 15 nitrogen and oxygen atoms in total. The highest BCUT2D eigenvalue weighted by Crippen LogP contribution is 2.25. The molecule has 1 aromatic rings.